The van der Waals surface area contributed by atoms with E-state index in [-0.39, 0.29) is 17.2 Å². The third kappa shape index (κ3) is 3.30. The Kier molecular flexibility index (Phi) is 4.62. The highest BCUT2D eigenvalue weighted by atomic mass is 32.2. The third-order valence-corrected chi connectivity index (χ3v) is 3.69. The number of aromatic nitrogens is 3. The van der Waals surface area contributed by atoms with Gasteiger partial charge in [0, 0.05) is 12.6 Å². The van der Waals surface area contributed by atoms with Gasteiger partial charge in [0.05, 0.1) is 12.4 Å². The summed E-state index contributed by atoms with van der Waals surface area (Å²) in [5.41, 5.74) is 0.322. The predicted molar refractivity (Wildman–Crippen MR) is 76.5 cm³/mol. The number of rotatable bonds is 6. The summed E-state index contributed by atoms with van der Waals surface area (Å²) < 4.78 is 6.69. The molecule has 0 spiro atoms. The molecular formula is C13H15N3O3S. The van der Waals surface area contributed by atoms with Gasteiger partial charge in [-0.05, 0) is 31.2 Å². The number of hydrogen-bond acceptors (Lipinski definition) is 5. The van der Waals surface area contributed by atoms with Gasteiger partial charge in [-0.3, -0.25) is 9.36 Å². The third-order valence-electron chi connectivity index (χ3n) is 2.66. The Balaban J connectivity index is 1.98. The summed E-state index contributed by atoms with van der Waals surface area (Å²) in [7, 11) is 1.61. The normalized spacial score (nSPS) is 10.5. The zero-order valence-electron chi connectivity index (χ0n) is 11.3. The van der Waals surface area contributed by atoms with E-state index >= 15 is 0 Å². The Labute approximate surface area is 120 Å². The Morgan fingerprint density at radius 2 is 2.10 bits per heavy atom. The largest absolute Gasteiger partial charge is 0.494 e. The lowest BCUT2D eigenvalue weighted by atomic mass is 10.1. The van der Waals surface area contributed by atoms with Gasteiger partial charge in [0.25, 0.3) is 0 Å². The van der Waals surface area contributed by atoms with E-state index in [0.29, 0.717) is 17.3 Å². The lowest BCUT2D eigenvalue weighted by Crippen LogP contribution is -2.13. The van der Waals surface area contributed by atoms with Crippen LogP contribution < -0.4 is 10.4 Å². The SMILES string of the molecule is CCOc1ccc(C(=O)CSc2n[nH]c(=O)n2C)cc1. The maximum absolute atomic E-state index is 12.0. The Bertz CT molecular complexity index is 646. The first-order valence-corrected chi connectivity index (χ1v) is 7.10. The van der Waals surface area contributed by atoms with Crippen LogP contribution >= 0.6 is 11.8 Å². The molecule has 0 atom stereocenters. The van der Waals surface area contributed by atoms with Gasteiger partial charge in [0.1, 0.15) is 5.75 Å². The van der Waals surface area contributed by atoms with Crippen LogP contribution in [0.2, 0.25) is 0 Å². The van der Waals surface area contributed by atoms with Crippen molar-refractivity contribution in [3.05, 3.63) is 40.3 Å². The second-order valence-electron chi connectivity index (χ2n) is 4.04. The molecule has 1 heterocycles. The number of benzene rings is 1. The highest BCUT2D eigenvalue weighted by molar-refractivity contribution is 7.99. The molecule has 1 aromatic carbocycles. The average molecular weight is 293 g/mol. The van der Waals surface area contributed by atoms with Gasteiger partial charge in [-0.2, -0.15) is 0 Å². The molecule has 1 N–H and O–H groups in total. The van der Waals surface area contributed by atoms with Crippen LogP contribution in [0.3, 0.4) is 0 Å². The van der Waals surface area contributed by atoms with Crippen molar-refractivity contribution in [2.75, 3.05) is 12.4 Å². The molecule has 20 heavy (non-hydrogen) atoms. The molecule has 0 radical (unpaired) electrons. The Morgan fingerprint density at radius 1 is 1.40 bits per heavy atom. The van der Waals surface area contributed by atoms with Crippen LogP contribution in [0.1, 0.15) is 17.3 Å². The van der Waals surface area contributed by atoms with Crippen molar-refractivity contribution in [3.8, 4) is 5.75 Å². The molecule has 2 rings (SSSR count). The molecule has 0 saturated carbocycles. The van der Waals surface area contributed by atoms with Gasteiger partial charge in [-0.15, -0.1) is 5.10 Å². The number of ether oxygens (including phenoxy) is 1. The number of thioether (sulfide) groups is 1. The first-order chi connectivity index (χ1) is 9.61. The number of carbonyl (C=O) groups excluding carboxylic acids is 1. The molecular weight excluding hydrogens is 278 g/mol. The molecule has 0 bridgehead atoms. The number of hydrogen-bond donors (Lipinski definition) is 1. The summed E-state index contributed by atoms with van der Waals surface area (Å²) in [5.74, 6) is 0.950. The quantitative estimate of drug-likeness (QED) is 0.645. The van der Waals surface area contributed by atoms with E-state index in [2.05, 4.69) is 10.2 Å². The number of nitrogens with one attached hydrogen (secondary N) is 1. The standard InChI is InChI=1S/C13H15N3O3S/c1-3-19-10-6-4-9(5-7-10)11(17)8-20-13-15-14-12(18)16(13)2/h4-7H,3,8H2,1-2H3,(H,14,18). The van der Waals surface area contributed by atoms with E-state index in [1.165, 1.54) is 16.3 Å². The minimum absolute atomic E-state index is 0.0199. The summed E-state index contributed by atoms with van der Waals surface area (Å²) in [6.45, 7) is 2.50. The molecule has 0 unspecified atom stereocenters. The Morgan fingerprint density at radius 3 is 2.65 bits per heavy atom. The van der Waals surface area contributed by atoms with Gasteiger partial charge in [-0.1, -0.05) is 11.8 Å². The van der Waals surface area contributed by atoms with E-state index < -0.39 is 0 Å². The van der Waals surface area contributed by atoms with Gasteiger partial charge in [0.2, 0.25) is 0 Å². The predicted octanol–water partition coefficient (Wildman–Crippen LogP) is 1.48. The highest BCUT2D eigenvalue weighted by Crippen LogP contribution is 2.17. The number of carbonyl (C=O) groups is 1. The fourth-order valence-electron chi connectivity index (χ4n) is 1.58. The molecule has 0 aliphatic carbocycles. The monoisotopic (exact) mass is 293 g/mol. The molecule has 0 aliphatic rings. The van der Waals surface area contributed by atoms with Crippen LogP contribution in [-0.2, 0) is 7.05 Å². The first-order valence-electron chi connectivity index (χ1n) is 6.12. The highest BCUT2D eigenvalue weighted by Gasteiger charge is 2.10. The van der Waals surface area contributed by atoms with Gasteiger partial charge in [-0.25, -0.2) is 9.89 Å². The summed E-state index contributed by atoms with van der Waals surface area (Å²) in [6, 6.07) is 7.01. The lowest BCUT2D eigenvalue weighted by molar-refractivity contribution is 0.102. The lowest BCUT2D eigenvalue weighted by Gasteiger charge is -2.04. The van der Waals surface area contributed by atoms with Crippen LogP contribution in [-0.4, -0.2) is 32.9 Å². The molecule has 6 nitrogen and oxygen atoms in total. The molecule has 2 aromatic rings. The van der Waals surface area contributed by atoms with E-state index in [1.807, 2.05) is 6.92 Å². The van der Waals surface area contributed by atoms with Crippen molar-refractivity contribution in [1.82, 2.24) is 14.8 Å². The number of H-pyrrole nitrogens is 1. The number of nitrogens with zero attached hydrogens (tertiary/aromatic N) is 2. The van der Waals surface area contributed by atoms with Crippen molar-refractivity contribution in [1.29, 1.82) is 0 Å². The van der Waals surface area contributed by atoms with Crippen molar-refractivity contribution in [3.63, 3.8) is 0 Å². The molecule has 0 amide bonds. The second kappa shape index (κ2) is 6.42. The number of ketones is 1. The molecule has 7 heteroatoms. The first kappa shape index (κ1) is 14.4. The van der Waals surface area contributed by atoms with E-state index in [4.69, 9.17) is 4.74 Å². The summed E-state index contributed by atoms with van der Waals surface area (Å²) in [6.07, 6.45) is 0. The second-order valence-corrected chi connectivity index (χ2v) is 4.98. The smallest absolute Gasteiger partial charge is 0.343 e. The fraction of sp³-hybridized carbons (Fsp3) is 0.308. The average Bonchev–Trinajstić information content (AvgIpc) is 2.77. The molecule has 0 fully saturated rings. The summed E-state index contributed by atoms with van der Waals surface area (Å²) in [5, 5.41) is 6.66. The minimum Gasteiger partial charge on any atom is -0.494 e. The maximum Gasteiger partial charge on any atom is 0.343 e. The van der Waals surface area contributed by atoms with Crippen LogP contribution in [0.15, 0.2) is 34.2 Å². The zero-order chi connectivity index (χ0) is 14.5. The molecule has 0 saturated heterocycles. The van der Waals surface area contributed by atoms with Gasteiger partial charge in [0.15, 0.2) is 10.9 Å². The van der Waals surface area contributed by atoms with E-state index in [0.717, 1.165) is 5.75 Å². The van der Waals surface area contributed by atoms with Crippen LogP contribution in [0, 0.1) is 0 Å². The van der Waals surface area contributed by atoms with Crippen LogP contribution in [0.25, 0.3) is 0 Å². The number of aromatic amines is 1. The van der Waals surface area contributed by atoms with E-state index in [9.17, 15) is 9.59 Å². The fourth-order valence-corrected chi connectivity index (χ4v) is 2.39. The van der Waals surface area contributed by atoms with Crippen molar-refractivity contribution < 1.29 is 9.53 Å². The van der Waals surface area contributed by atoms with Gasteiger partial charge >= 0.3 is 5.69 Å². The Hall–Kier alpha value is -2.02. The van der Waals surface area contributed by atoms with Crippen molar-refractivity contribution in [2.45, 2.75) is 12.1 Å². The molecule has 1 aromatic heterocycles. The van der Waals surface area contributed by atoms with Crippen molar-refractivity contribution >= 4 is 17.5 Å². The molecule has 0 aliphatic heterocycles. The molecule has 106 valence electrons. The summed E-state index contributed by atoms with van der Waals surface area (Å²) in [4.78, 5) is 23.2. The number of Topliss-reactive ketones (excluding diaryl/α,β-unsaturated/α-hetero) is 1. The van der Waals surface area contributed by atoms with Crippen molar-refractivity contribution in [2.24, 2.45) is 7.05 Å². The summed E-state index contributed by atoms with van der Waals surface area (Å²) >= 11 is 1.23. The zero-order valence-corrected chi connectivity index (χ0v) is 12.1. The maximum atomic E-state index is 12.0. The van der Waals surface area contributed by atoms with Crippen LogP contribution in [0.4, 0.5) is 0 Å². The van der Waals surface area contributed by atoms with Crippen LogP contribution in [0.5, 0.6) is 5.75 Å². The van der Waals surface area contributed by atoms with E-state index in [1.54, 1.807) is 31.3 Å². The topological polar surface area (TPSA) is 77.0 Å². The minimum atomic E-state index is -0.291. The van der Waals surface area contributed by atoms with Gasteiger partial charge < -0.3 is 4.74 Å².